The topological polar surface area (TPSA) is 89.2 Å². The van der Waals surface area contributed by atoms with Gasteiger partial charge in [0.15, 0.2) is 0 Å². The lowest BCUT2D eigenvalue weighted by atomic mass is 10.1. The van der Waals surface area contributed by atoms with Crippen molar-refractivity contribution >= 4 is 17.8 Å². The number of nitrogens with two attached hydrogens (primary N) is 1. The number of anilines is 3. The Morgan fingerprint density at radius 2 is 1.84 bits per heavy atom. The van der Waals surface area contributed by atoms with Crippen molar-refractivity contribution in [2.45, 2.75) is 26.8 Å². The second kappa shape index (κ2) is 6.01. The molecule has 3 N–H and O–H groups in total. The van der Waals surface area contributed by atoms with Gasteiger partial charge in [0.1, 0.15) is 0 Å². The van der Waals surface area contributed by atoms with Gasteiger partial charge in [-0.3, -0.25) is 0 Å². The van der Waals surface area contributed by atoms with Gasteiger partial charge in [-0.1, -0.05) is 13.8 Å². The summed E-state index contributed by atoms with van der Waals surface area (Å²) in [5, 5.41) is 3.26. The Morgan fingerprint density at radius 3 is 2.47 bits per heavy atom. The molecule has 1 aliphatic heterocycles. The van der Waals surface area contributed by atoms with Crippen molar-refractivity contribution in [2.24, 2.45) is 5.92 Å². The Bertz CT molecular complexity index is 419. The Kier molecular flexibility index (Phi) is 4.36. The summed E-state index contributed by atoms with van der Waals surface area (Å²) in [6.45, 7) is 9.33. The first kappa shape index (κ1) is 13.8. The largest absolute Gasteiger partial charge is 0.378 e. The lowest BCUT2D eigenvalue weighted by Gasteiger charge is -2.27. The van der Waals surface area contributed by atoms with E-state index in [9.17, 15) is 0 Å². The van der Waals surface area contributed by atoms with Gasteiger partial charge in [-0.2, -0.15) is 15.0 Å². The van der Waals surface area contributed by atoms with Crippen molar-refractivity contribution in [1.29, 1.82) is 0 Å². The predicted octanol–water partition coefficient (Wildman–Crippen LogP) is 0.747. The van der Waals surface area contributed by atoms with Crippen LogP contribution in [0.3, 0.4) is 0 Å². The first-order valence-electron chi connectivity index (χ1n) is 6.67. The maximum atomic E-state index is 5.76. The highest BCUT2D eigenvalue weighted by molar-refractivity contribution is 5.42. The number of aromatic nitrogens is 3. The Hall–Kier alpha value is -1.63. The zero-order valence-corrected chi connectivity index (χ0v) is 11.8. The number of hydrogen-bond donors (Lipinski definition) is 2. The third-order valence-corrected chi connectivity index (χ3v) is 3.29. The Morgan fingerprint density at radius 1 is 1.16 bits per heavy atom. The smallest absolute Gasteiger partial charge is 0.232 e. The number of nitrogen functional groups attached to an aromatic ring is 1. The van der Waals surface area contributed by atoms with E-state index in [1.54, 1.807) is 0 Å². The molecule has 1 saturated heterocycles. The number of hydrogen-bond acceptors (Lipinski definition) is 7. The first-order chi connectivity index (χ1) is 9.06. The number of rotatable bonds is 4. The SMILES string of the molecule is CC(C)C(C)Nc1nc(N)nc(N2CCOCC2)n1. The van der Waals surface area contributed by atoms with Gasteiger partial charge in [0.25, 0.3) is 0 Å². The van der Waals surface area contributed by atoms with Crippen LogP contribution in [-0.4, -0.2) is 47.3 Å². The van der Waals surface area contributed by atoms with E-state index in [4.69, 9.17) is 10.5 Å². The van der Waals surface area contributed by atoms with E-state index in [0.29, 0.717) is 31.0 Å². The molecule has 1 atom stereocenters. The summed E-state index contributed by atoms with van der Waals surface area (Å²) in [6, 6.07) is 0.277. The standard InChI is InChI=1S/C12H22N6O/c1-8(2)9(3)14-11-15-10(13)16-12(17-11)18-4-6-19-7-5-18/h8-9H,4-7H2,1-3H3,(H3,13,14,15,16,17). The second-order valence-electron chi connectivity index (χ2n) is 5.09. The summed E-state index contributed by atoms with van der Waals surface area (Å²) in [5.74, 6) is 1.89. The summed E-state index contributed by atoms with van der Waals surface area (Å²) in [4.78, 5) is 14.8. The summed E-state index contributed by atoms with van der Waals surface area (Å²) in [7, 11) is 0. The van der Waals surface area contributed by atoms with Crippen LogP contribution in [0.25, 0.3) is 0 Å². The zero-order valence-electron chi connectivity index (χ0n) is 11.8. The van der Waals surface area contributed by atoms with Crippen molar-refractivity contribution in [1.82, 2.24) is 15.0 Å². The van der Waals surface area contributed by atoms with Gasteiger partial charge in [-0.25, -0.2) is 0 Å². The van der Waals surface area contributed by atoms with Gasteiger partial charge < -0.3 is 20.7 Å². The van der Waals surface area contributed by atoms with Crippen molar-refractivity contribution in [2.75, 3.05) is 42.3 Å². The van der Waals surface area contributed by atoms with Gasteiger partial charge in [0, 0.05) is 19.1 Å². The molecule has 0 amide bonds. The van der Waals surface area contributed by atoms with Crippen LogP contribution < -0.4 is 16.0 Å². The van der Waals surface area contributed by atoms with Crippen molar-refractivity contribution in [3.8, 4) is 0 Å². The fourth-order valence-corrected chi connectivity index (χ4v) is 1.72. The molecule has 0 saturated carbocycles. The number of nitrogens with zero attached hydrogens (tertiary/aromatic N) is 4. The van der Waals surface area contributed by atoms with Gasteiger partial charge in [-0.15, -0.1) is 0 Å². The third-order valence-electron chi connectivity index (χ3n) is 3.29. The molecule has 0 spiro atoms. The molecule has 1 fully saturated rings. The van der Waals surface area contributed by atoms with Crippen LogP contribution in [0.5, 0.6) is 0 Å². The summed E-state index contributed by atoms with van der Waals surface area (Å²) >= 11 is 0. The summed E-state index contributed by atoms with van der Waals surface area (Å²) in [6.07, 6.45) is 0. The normalized spacial score (nSPS) is 17.6. The molecule has 106 valence electrons. The van der Waals surface area contributed by atoms with Crippen LogP contribution in [0, 0.1) is 5.92 Å². The quantitative estimate of drug-likeness (QED) is 0.831. The van der Waals surface area contributed by atoms with E-state index in [1.807, 2.05) is 0 Å². The monoisotopic (exact) mass is 266 g/mol. The third kappa shape index (κ3) is 3.66. The van der Waals surface area contributed by atoms with E-state index >= 15 is 0 Å². The molecule has 2 heterocycles. The lowest BCUT2D eigenvalue weighted by Crippen LogP contribution is -2.37. The highest BCUT2D eigenvalue weighted by atomic mass is 16.5. The summed E-state index contributed by atoms with van der Waals surface area (Å²) in [5.41, 5.74) is 5.76. The highest BCUT2D eigenvalue weighted by Crippen LogP contribution is 2.15. The van der Waals surface area contributed by atoms with Crippen LogP contribution in [0.1, 0.15) is 20.8 Å². The molecule has 19 heavy (non-hydrogen) atoms. The van der Waals surface area contributed by atoms with Crippen LogP contribution in [0.4, 0.5) is 17.8 Å². The van der Waals surface area contributed by atoms with Crippen LogP contribution in [-0.2, 0) is 4.74 Å². The van der Waals surface area contributed by atoms with Crippen LogP contribution >= 0.6 is 0 Å². The average Bonchev–Trinajstić information content (AvgIpc) is 2.39. The van der Waals surface area contributed by atoms with Crippen LogP contribution in [0.2, 0.25) is 0 Å². The Balaban J connectivity index is 2.14. The van der Waals surface area contributed by atoms with Crippen LogP contribution in [0.15, 0.2) is 0 Å². The first-order valence-corrected chi connectivity index (χ1v) is 6.67. The predicted molar refractivity (Wildman–Crippen MR) is 75.2 cm³/mol. The molecule has 1 aromatic heterocycles. The minimum absolute atomic E-state index is 0.245. The molecule has 1 unspecified atom stereocenters. The molecule has 0 aromatic carbocycles. The fourth-order valence-electron chi connectivity index (χ4n) is 1.72. The van der Waals surface area contributed by atoms with Gasteiger partial charge >= 0.3 is 0 Å². The van der Waals surface area contributed by atoms with Crippen molar-refractivity contribution in [3.05, 3.63) is 0 Å². The Labute approximate surface area is 113 Å². The van der Waals surface area contributed by atoms with Gasteiger partial charge in [0.05, 0.1) is 13.2 Å². The maximum Gasteiger partial charge on any atom is 0.232 e. The number of morpholine rings is 1. The highest BCUT2D eigenvalue weighted by Gasteiger charge is 2.17. The molecular formula is C12H22N6O. The van der Waals surface area contributed by atoms with E-state index in [-0.39, 0.29) is 12.0 Å². The molecule has 0 bridgehead atoms. The molecule has 0 radical (unpaired) electrons. The molecule has 7 nitrogen and oxygen atoms in total. The molecule has 1 aliphatic rings. The average molecular weight is 266 g/mol. The van der Waals surface area contributed by atoms with E-state index in [2.05, 4.69) is 45.9 Å². The molecular weight excluding hydrogens is 244 g/mol. The van der Waals surface area contributed by atoms with E-state index < -0.39 is 0 Å². The second-order valence-corrected chi connectivity index (χ2v) is 5.09. The minimum atomic E-state index is 0.245. The van der Waals surface area contributed by atoms with E-state index in [0.717, 1.165) is 13.1 Å². The maximum absolute atomic E-state index is 5.76. The molecule has 1 aromatic rings. The molecule has 2 rings (SSSR count). The molecule has 7 heteroatoms. The van der Waals surface area contributed by atoms with Crippen molar-refractivity contribution < 1.29 is 4.74 Å². The van der Waals surface area contributed by atoms with Crippen molar-refractivity contribution in [3.63, 3.8) is 0 Å². The minimum Gasteiger partial charge on any atom is -0.378 e. The zero-order chi connectivity index (χ0) is 13.8. The van der Waals surface area contributed by atoms with Gasteiger partial charge in [0.2, 0.25) is 17.8 Å². The lowest BCUT2D eigenvalue weighted by molar-refractivity contribution is 0.122. The van der Waals surface area contributed by atoms with Gasteiger partial charge in [-0.05, 0) is 12.8 Å². The van der Waals surface area contributed by atoms with E-state index in [1.165, 1.54) is 0 Å². The number of nitrogens with one attached hydrogen (secondary N) is 1. The fraction of sp³-hybridized carbons (Fsp3) is 0.750. The summed E-state index contributed by atoms with van der Waals surface area (Å²) < 4.78 is 5.32. The number of ether oxygens (including phenoxy) is 1. The molecule has 0 aliphatic carbocycles.